The zero-order valence-electron chi connectivity index (χ0n) is 7.40. The zero-order chi connectivity index (χ0) is 9.47. The van der Waals surface area contributed by atoms with Gasteiger partial charge in [-0.2, -0.15) is 0 Å². The third-order valence-corrected chi connectivity index (χ3v) is 2.38. The Balaban J connectivity index is 2.44. The molecule has 70 valence electrons. The summed E-state index contributed by atoms with van der Waals surface area (Å²) in [6.07, 6.45) is -0.137. The lowest BCUT2D eigenvalue weighted by molar-refractivity contribution is 0.0128. The van der Waals surface area contributed by atoms with Gasteiger partial charge in [-0.15, -0.1) is 0 Å². The van der Waals surface area contributed by atoms with Gasteiger partial charge in [0, 0.05) is 12.1 Å². The van der Waals surface area contributed by atoms with Crippen molar-refractivity contribution in [1.29, 1.82) is 0 Å². The van der Waals surface area contributed by atoms with Crippen LogP contribution in [0, 0.1) is 6.92 Å². The number of aryl methyl sites for hydroxylation is 1. The van der Waals surface area contributed by atoms with E-state index < -0.39 is 5.92 Å². The summed E-state index contributed by atoms with van der Waals surface area (Å²) in [5, 5.41) is 2.74. The molecule has 1 nitrogen and oxygen atoms in total. The van der Waals surface area contributed by atoms with Crippen LogP contribution >= 0.6 is 0 Å². The van der Waals surface area contributed by atoms with Gasteiger partial charge >= 0.3 is 0 Å². The first kappa shape index (κ1) is 8.48. The highest BCUT2D eigenvalue weighted by Gasteiger charge is 2.34. The number of hydrogen-bond acceptors (Lipinski definition) is 1. The maximum atomic E-state index is 13.0. The minimum absolute atomic E-state index is 0.137. The van der Waals surface area contributed by atoms with E-state index in [9.17, 15) is 8.78 Å². The molecular formula is C10H11F2N. The second-order valence-corrected chi connectivity index (χ2v) is 3.49. The lowest BCUT2D eigenvalue weighted by Crippen LogP contribution is -2.34. The van der Waals surface area contributed by atoms with Gasteiger partial charge in [0.1, 0.15) is 0 Å². The van der Waals surface area contributed by atoms with Crippen molar-refractivity contribution in [3.05, 3.63) is 29.3 Å². The fourth-order valence-corrected chi connectivity index (χ4v) is 1.65. The van der Waals surface area contributed by atoms with Gasteiger partial charge in [0.05, 0.1) is 6.54 Å². The van der Waals surface area contributed by atoms with Crippen molar-refractivity contribution >= 4 is 5.69 Å². The molecule has 3 heteroatoms. The first-order valence-electron chi connectivity index (χ1n) is 4.29. The summed E-state index contributed by atoms with van der Waals surface area (Å²) in [6.45, 7) is 1.62. The standard InChI is InChI=1S/C10H11F2N/c1-7-3-2-4-9-8(7)5-10(11,12)6-13-9/h2-4,13H,5-6H2,1H3. The fourth-order valence-electron chi connectivity index (χ4n) is 1.65. The van der Waals surface area contributed by atoms with E-state index >= 15 is 0 Å². The summed E-state index contributed by atoms with van der Waals surface area (Å²) in [7, 11) is 0. The minimum Gasteiger partial charge on any atom is -0.379 e. The quantitative estimate of drug-likeness (QED) is 0.651. The van der Waals surface area contributed by atoms with E-state index in [1.807, 2.05) is 25.1 Å². The molecule has 1 aliphatic rings. The molecule has 0 saturated carbocycles. The van der Waals surface area contributed by atoms with Gasteiger partial charge in [-0.25, -0.2) is 8.78 Å². The molecule has 0 amide bonds. The number of nitrogens with one attached hydrogen (secondary N) is 1. The molecular weight excluding hydrogens is 172 g/mol. The lowest BCUT2D eigenvalue weighted by atomic mass is 9.96. The number of benzene rings is 1. The fraction of sp³-hybridized carbons (Fsp3) is 0.400. The Kier molecular flexibility index (Phi) is 1.75. The highest BCUT2D eigenvalue weighted by Crippen LogP contribution is 2.32. The summed E-state index contributed by atoms with van der Waals surface area (Å²) in [5.74, 6) is -2.60. The summed E-state index contributed by atoms with van der Waals surface area (Å²) < 4.78 is 26.0. The highest BCUT2D eigenvalue weighted by atomic mass is 19.3. The largest absolute Gasteiger partial charge is 0.379 e. The predicted octanol–water partition coefficient (Wildman–Crippen LogP) is 2.60. The van der Waals surface area contributed by atoms with Gasteiger partial charge in [-0.05, 0) is 24.1 Å². The summed E-state index contributed by atoms with van der Waals surface area (Å²) in [4.78, 5) is 0. The van der Waals surface area contributed by atoms with Crippen LogP contribution in [0.1, 0.15) is 11.1 Å². The van der Waals surface area contributed by atoms with E-state index in [-0.39, 0.29) is 13.0 Å². The van der Waals surface area contributed by atoms with Crippen molar-refractivity contribution in [1.82, 2.24) is 0 Å². The van der Waals surface area contributed by atoms with E-state index in [0.717, 1.165) is 16.8 Å². The number of alkyl halides is 2. The van der Waals surface area contributed by atoms with Crippen LogP contribution in [-0.4, -0.2) is 12.5 Å². The Labute approximate surface area is 75.8 Å². The number of rotatable bonds is 0. The van der Waals surface area contributed by atoms with Gasteiger partial charge in [-0.3, -0.25) is 0 Å². The number of halogens is 2. The van der Waals surface area contributed by atoms with Crippen LogP contribution in [0.3, 0.4) is 0 Å². The van der Waals surface area contributed by atoms with Crippen molar-refractivity contribution < 1.29 is 8.78 Å². The minimum atomic E-state index is -2.60. The van der Waals surface area contributed by atoms with E-state index in [1.54, 1.807) is 0 Å². The molecule has 0 radical (unpaired) electrons. The topological polar surface area (TPSA) is 12.0 Å². The van der Waals surface area contributed by atoms with Crippen molar-refractivity contribution in [3.8, 4) is 0 Å². The summed E-state index contributed by atoms with van der Waals surface area (Å²) in [6, 6.07) is 5.59. The molecule has 1 N–H and O–H groups in total. The molecule has 1 aliphatic heterocycles. The molecule has 0 bridgehead atoms. The SMILES string of the molecule is Cc1cccc2c1CC(F)(F)CN2. The summed E-state index contributed by atoms with van der Waals surface area (Å²) >= 11 is 0. The Morgan fingerprint density at radius 2 is 2.15 bits per heavy atom. The monoisotopic (exact) mass is 183 g/mol. The molecule has 0 aliphatic carbocycles. The Morgan fingerprint density at radius 3 is 2.92 bits per heavy atom. The van der Waals surface area contributed by atoms with Crippen LogP contribution in [0.5, 0.6) is 0 Å². The van der Waals surface area contributed by atoms with Crippen LogP contribution in [0.25, 0.3) is 0 Å². The second kappa shape index (κ2) is 2.69. The first-order chi connectivity index (χ1) is 6.08. The number of anilines is 1. The number of fused-ring (bicyclic) bond motifs is 1. The average Bonchev–Trinajstić information content (AvgIpc) is 2.06. The lowest BCUT2D eigenvalue weighted by Gasteiger charge is -2.26. The Morgan fingerprint density at radius 1 is 1.38 bits per heavy atom. The van der Waals surface area contributed by atoms with Crippen molar-refractivity contribution in [2.24, 2.45) is 0 Å². The van der Waals surface area contributed by atoms with Gasteiger partial charge < -0.3 is 5.32 Å². The van der Waals surface area contributed by atoms with Crippen LogP contribution in [0.2, 0.25) is 0 Å². The van der Waals surface area contributed by atoms with E-state index in [4.69, 9.17) is 0 Å². The van der Waals surface area contributed by atoms with Gasteiger partial charge in [0.15, 0.2) is 0 Å². The van der Waals surface area contributed by atoms with E-state index in [0.29, 0.717) is 0 Å². The van der Waals surface area contributed by atoms with Gasteiger partial charge in [-0.1, -0.05) is 12.1 Å². The van der Waals surface area contributed by atoms with E-state index in [1.165, 1.54) is 0 Å². The summed E-state index contributed by atoms with van der Waals surface area (Å²) in [5.41, 5.74) is 2.54. The normalized spacial score (nSPS) is 19.0. The Bertz CT molecular complexity index is 334. The Hall–Kier alpha value is -1.12. The molecule has 0 fully saturated rings. The second-order valence-electron chi connectivity index (χ2n) is 3.49. The van der Waals surface area contributed by atoms with Crippen LogP contribution < -0.4 is 5.32 Å². The van der Waals surface area contributed by atoms with Crippen LogP contribution in [0.4, 0.5) is 14.5 Å². The zero-order valence-corrected chi connectivity index (χ0v) is 7.40. The van der Waals surface area contributed by atoms with Crippen LogP contribution in [-0.2, 0) is 6.42 Å². The van der Waals surface area contributed by atoms with Crippen molar-refractivity contribution in [2.75, 3.05) is 11.9 Å². The molecule has 0 saturated heterocycles. The molecule has 0 spiro atoms. The molecule has 1 aromatic rings. The third kappa shape index (κ3) is 1.50. The molecule has 0 unspecified atom stereocenters. The molecule has 2 rings (SSSR count). The first-order valence-corrected chi connectivity index (χ1v) is 4.29. The highest BCUT2D eigenvalue weighted by molar-refractivity contribution is 5.57. The molecule has 13 heavy (non-hydrogen) atoms. The van der Waals surface area contributed by atoms with Gasteiger partial charge in [0.25, 0.3) is 5.92 Å². The van der Waals surface area contributed by atoms with E-state index in [2.05, 4.69) is 5.32 Å². The number of hydrogen-bond donors (Lipinski definition) is 1. The maximum absolute atomic E-state index is 13.0. The van der Waals surface area contributed by atoms with Crippen molar-refractivity contribution in [2.45, 2.75) is 19.3 Å². The molecule has 0 atom stereocenters. The molecule has 0 aromatic heterocycles. The average molecular weight is 183 g/mol. The molecule has 1 heterocycles. The van der Waals surface area contributed by atoms with Crippen LogP contribution in [0.15, 0.2) is 18.2 Å². The van der Waals surface area contributed by atoms with Crippen molar-refractivity contribution in [3.63, 3.8) is 0 Å². The van der Waals surface area contributed by atoms with Gasteiger partial charge in [0.2, 0.25) is 0 Å². The molecule has 1 aromatic carbocycles. The maximum Gasteiger partial charge on any atom is 0.269 e. The smallest absolute Gasteiger partial charge is 0.269 e. The third-order valence-electron chi connectivity index (χ3n) is 2.38. The predicted molar refractivity (Wildman–Crippen MR) is 48.3 cm³/mol.